The van der Waals surface area contributed by atoms with Gasteiger partial charge >= 0.3 is 0 Å². The second-order valence-corrected chi connectivity index (χ2v) is 8.73. The topological polar surface area (TPSA) is 0 Å². The highest BCUT2D eigenvalue weighted by Crippen LogP contribution is 2.53. The molecule has 1 fully saturated rings. The quantitative estimate of drug-likeness (QED) is 0.384. The average molecular weight is 272 g/mol. The Kier molecular flexibility index (Phi) is 4.68. The van der Waals surface area contributed by atoms with E-state index in [1.165, 1.54) is 25.7 Å². The lowest BCUT2D eigenvalue weighted by molar-refractivity contribution is 0.0275. The van der Waals surface area contributed by atoms with Crippen molar-refractivity contribution in [2.75, 3.05) is 0 Å². The van der Waals surface area contributed by atoms with Crippen LogP contribution in [0.5, 0.6) is 0 Å². The van der Waals surface area contributed by atoms with E-state index in [9.17, 15) is 0 Å². The van der Waals surface area contributed by atoms with Crippen LogP contribution in [0.2, 0.25) is 0 Å². The zero-order chi connectivity index (χ0) is 14.8. The smallest absolute Gasteiger partial charge is 0.0149 e. The van der Waals surface area contributed by atoms with Crippen molar-refractivity contribution in [1.29, 1.82) is 0 Å². The molecule has 0 saturated heterocycles. The first kappa shape index (κ1) is 15.7. The summed E-state index contributed by atoms with van der Waals surface area (Å²) in [6.45, 7) is 12.0. The Labute approximate surface area is 126 Å². The van der Waals surface area contributed by atoms with Crippen molar-refractivity contribution in [3.63, 3.8) is 0 Å². The Hall–Kier alpha value is -0.700. The van der Waals surface area contributed by atoms with Gasteiger partial charge in [-0.2, -0.15) is 0 Å². The SMILES string of the molecule is CC1C=CC(C)CC2(C)CC(CC(C)(C)CC#CC1)C2. The van der Waals surface area contributed by atoms with Gasteiger partial charge in [-0.15, -0.1) is 11.8 Å². The first-order chi connectivity index (χ1) is 9.28. The molecule has 0 nitrogen and oxygen atoms in total. The molecule has 0 radical (unpaired) electrons. The van der Waals surface area contributed by atoms with E-state index in [0.717, 1.165) is 18.8 Å². The van der Waals surface area contributed by atoms with Crippen LogP contribution in [0.15, 0.2) is 12.2 Å². The normalized spacial score (nSPS) is 41.0. The van der Waals surface area contributed by atoms with Crippen molar-refractivity contribution in [2.45, 2.75) is 73.1 Å². The van der Waals surface area contributed by atoms with Crippen molar-refractivity contribution in [3.05, 3.63) is 12.2 Å². The van der Waals surface area contributed by atoms with Gasteiger partial charge in [0.2, 0.25) is 0 Å². The van der Waals surface area contributed by atoms with Gasteiger partial charge in [0.15, 0.2) is 0 Å². The first-order valence-electron chi connectivity index (χ1n) is 8.42. The number of allylic oxidation sites excluding steroid dienone is 2. The highest BCUT2D eigenvalue weighted by atomic mass is 14.5. The minimum atomic E-state index is 0.397. The Morgan fingerprint density at radius 1 is 0.850 bits per heavy atom. The van der Waals surface area contributed by atoms with E-state index in [1.54, 1.807) is 0 Å². The highest BCUT2D eigenvalue weighted by Gasteiger charge is 2.42. The van der Waals surface area contributed by atoms with Crippen LogP contribution in [0, 0.1) is 40.4 Å². The predicted octanol–water partition coefficient (Wildman–Crippen LogP) is 5.83. The van der Waals surface area contributed by atoms with Crippen molar-refractivity contribution >= 4 is 0 Å². The maximum absolute atomic E-state index is 3.43. The number of hydrogen-bond donors (Lipinski definition) is 0. The molecule has 0 aromatic carbocycles. The summed E-state index contributed by atoms with van der Waals surface area (Å²) in [6, 6.07) is 0. The maximum atomic E-state index is 3.43. The molecule has 0 spiro atoms. The summed E-state index contributed by atoms with van der Waals surface area (Å²) < 4.78 is 0. The molecule has 0 aliphatic heterocycles. The second-order valence-electron chi connectivity index (χ2n) is 8.73. The van der Waals surface area contributed by atoms with Crippen molar-refractivity contribution in [1.82, 2.24) is 0 Å². The van der Waals surface area contributed by atoms with E-state index < -0.39 is 0 Å². The summed E-state index contributed by atoms with van der Waals surface area (Å²) in [5, 5.41) is 0. The summed E-state index contributed by atoms with van der Waals surface area (Å²) in [5.41, 5.74) is 0.997. The molecule has 1 saturated carbocycles. The van der Waals surface area contributed by atoms with Gasteiger partial charge in [0.25, 0.3) is 0 Å². The van der Waals surface area contributed by atoms with Gasteiger partial charge in [0.05, 0.1) is 0 Å². The molecule has 0 heteroatoms. The van der Waals surface area contributed by atoms with Crippen LogP contribution in [-0.2, 0) is 0 Å². The average Bonchev–Trinajstić information content (AvgIpc) is 2.29. The fourth-order valence-electron chi connectivity index (χ4n) is 4.33. The Morgan fingerprint density at radius 2 is 1.50 bits per heavy atom. The molecule has 3 aliphatic rings. The molecule has 20 heavy (non-hydrogen) atoms. The van der Waals surface area contributed by atoms with E-state index in [0.29, 0.717) is 22.7 Å². The monoisotopic (exact) mass is 272 g/mol. The predicted molar refractivity (Wildman–Crippen MR) is 88.3 cm³/mol. The molecule has 2 unspecified atom stereocenters. The molecule has 0 aromatic rings. The summed E-state index contributed by atoms with van der Waals surface area (Å²) in [5.74, 6) is 9.08. The standard InChI is InChI=1S/C20H32/c1-16-8-6-7-11-19(3,4)13-18-14-20(5,15-18)12-17(2)10-9-16/h9-10,16-18H,8,11-15H2,1-5H3. The van der Waals surface area contributed by atoms with Gasteiger partial charge in [-0.3, -0.25) is 0 Å². The fraction of sp³-hybridized carbons (Fsp3) is 0.800. The molecule has 3 rings (SSSR count). The molecule has 3 aliphatic carbocycles. The summed E-state index contributed by atoms with van der Waals surface area (Å²) >= 11 is 0. The van der Waals surface area contributed by atoms with Crippen molar-refractivity contribution < 1.29 is 0 Å². The van der Waals surface area contributed by atoms with Gasteiger partial charge in [-0.05, 0) is 54.3 Å². The van der Waals surface area contributed by atoms with E-state index in [1.807, 2.05) is 0 Å². The lowest BCUT2D eigenvalue weighted by atomic mass is 9.56. The van der Waals surface area contributed by atoms with E-state index in [-0.39, 0.29) is 0 Å². The second kappa shape index (κ2) is 5.97. The van der Waals surface area contributed by atoms with E-state index in [2.05, 4.69) is 58.6 Å². The maximum Gasteiger partial charge on any atom is 0.0149 e. The molecule has 2 bridgehead atoms. The zero-order valence-electron chi connectivity index (χ0n) is 14.1. The Morgan fingerprint density at radius 3 is 2.20 bits per heavy atom. The number of rotatable bonds is 0. The molecular weight excluding hydrogens is 240 g/mol. The van der Waals surface area contributed by atoms with Gasteiger partial charge < -0.3 is 0 Å². The minimum Gasteiger partial charge on any atom is -0.103 e. The third-order valence-corrected chi connectivity index (χ3v) is 5.10. The molecule has 112 valence electrons. The lowest BCUT2D eigenvalue weighted by Gasteiger charge is -2.49. The summed E-state index contributed by atoms with van der Waals surface area (Å²) in [4.78, 5) is 0. The van der Waals surface area contributed by atoms with Crippen LogP contribution in [0.3, 0.4) is 0 Å². The van der Waals surface area contributed by atoms with Gasteiger partial charge in [0, 0.05) is 12.8 Å². The summed E-state index contributed by atoms with van der Waals surface area (Å²) in [7, 11) is 0. The third kappa shape index (κ3) is 4.41. The third-order valence-electron chi connectivity index (χ3n) is 5.10. The van der Waals surface area contributed by atoms with Crippen molar-refractivity contribution in [2.24, 2.45) is 28.6 Å². The van der Waals surface area contributed by atoms with Crippen LogP contribution < -0.4 is 0 Å². The van der Waals surface area contributed by atoms with Gasteiger partial charge in [0.1, 0.15) is 0 Å². The van der Waals surface area contributed by atoms with Crippen LogP contribution >= 0.6 is 0 Å². The highest BCUT2D eigenvalue weighted by molar-refractivity contribution is 5.07. The van der Waals surface area contributed by atoms with E-state index in [4.69, 9.17) is 0 Å². The van der Waals surface area contributed by atoms with Crippen LogP contribution in [0.25, 0.3) is 0 Å². The molecule has 0 heterocycles. The van der Waals surface area contributed by atoms with E-state index >= 15 is 0 Å². The van der Waals surface area contributed by atoms with Crippen molar-refractivity contribution in [3.8, 4) is 11.8 Å². The van der Waals surface area contributed by atoms with Crippen LogP contribution in [0.4, 0.5) is 0 Å². The fourth-order valence-corrected chi connectivity index (χ4v) is 4.33. The summed E-state index contributed by atoms with van der Waals surface area (Å²) in [6.07, 6.45) is 12.5. The van der Waals surface area contributed by atoms with Gasteiger partial charge in [-0.25, -0.2) is 0 Å². The van der Waals surface area contributed by atoms with Crippen LogP contribution in [-0.4, -0.2) is 0 Å². The zero-order valence-corrected chi connectivity index (χ0v) is 14.1. The minimum absolute atomic E-state index is 0.397. The first-order valence-corrected chi connectivity index (χ1v) is 8.42. The molecule has 2 atom stereocenters. The molecule has 0 N–H and O–H groups in total. The Bertz CT molecular complexity index is 409. The molecular formula is C20H32. The lowest BCUT2D eigenvalue weighted by Crippen LogP contribution is -2.38. The van der Waals surface area contributed by atoms with Crippen LogP contribution in [0.1, 0.15) is 73.1 Å². The largest absolute Gasteiger partial charge is 0.103 e. The van der Waals surface area contributed by atoms with Gasteiger partial charge in [-0.1, -0.05) is 46.8 Å². The number of fused-ring (bicyclic) bond motifs is 8. The molecule has 0 amide bonds. The molecule has 0 aromatic heterocycles. The Balaban J connectivity index is 2.08. The number of hydrogen-bond acceptors (Lipinski definition) is 0.